The van der Waals surface area contributed by atoms with E-state index in [1.165, 1.54) is 4.68 Å². The molecule has 2 rings (SSSR count). The van der Waals surface area contributed by atoms with Crippen LogP contribution in [0.3, 0.4) is 0 Å². The van der Waals surface area contributed by atoms with Crippen molar-refractivity contribution in [1.29, 1.82) is 0 Å². The Labute approximate surface area is 128 Å². The molecule has 0 spiro atoms. The number of allylic oxidation sites excluding steroid dienone is 1. The molecule has 0 N–H and O–H groups in total. The SMILES string of the molecule is CCOC(=O)c1nn(CCF)c2c1CC/C(=C/N(C)C)C2=O. The number of carbonyl (C=O) groups excluding carboxylic acids is 2. The number of ketones is 1. The molecule has 0 aliphatic heterocycles. The number of ether oxygens (including phenoxy) is 1. The molecule has 0 unspecified atom stereocenters. The molecule has 0 amide bonds. The molecular formula is C15H20FN3O3. The highest BCUT2D eigenvalue weighted by Gasteiger charge is 2.32. The molecule has 0 aromatic carbocycles. The van der Waals surface area contributed by atoms with Crippen LogP contribution in [-0.2, 0) is 17.7 Å². The van der Waals surface area contributed by atoms with Crippen molar-refractivity contribution in [3.05, 3.63) is 28.7 Å². The predicted octanol–water partition coefficient (Wildman–Crippen LogP) is 1.60. The zero-order chi connectivity index (χ0) is 16.3. The van der Waals surface area contributed by atoms with Crippen molar-refractivity contribution in [2.45, 2.75) is 26.3 Å². The van der Waals surface area contributed by atoms with Crippen LogP contribution >= 0.6 is 0 Å². The number of esters is 1. The Morgan fingerprint density at radius 2 is 2.18 bits per heavy atom. The molecule has 1 aromatic rings. The van der Waals surface area contributed by atoms with Gasteiger partial charge in [-0.3, -0.25) is 9.48 Å². The third-order valence-corrected chi connectivity index (χ3v) is 3.38. The summed E-state index contributed by atoms with van der Waals surface area (Å²) in [7, 11) is 3.66. The van der Waals surface area contributed by atoms with E-state index in [4.69, 9.17) is 4.74 Å². The number of hydrogen-bond donors (Lipinski definition) is 0. The average molecular weight is 309 g/mol. The maximum atomic E-state index is 12.7. The summed E-state index contributed by atoms with van der Waals surface area (Å²) in [5, 5.41) is 4.10. The molecule has 0 atom stereocenters. The van der Waals surface area contributed by atoms with Crippen molar-refractivity contribution < 1.29 is 18.7 Å². The summed E-state index contributed by atoms with van der Waals surface area (Å²) in [4.78, 5) is 26.4. The van der Waals surface area contributed by atoms with Crippen molar-refractivity contribution >= 4 is 11.8 Å². The molecule has 0 fully saturated rings. The minimum atomic E-state index is -0.656. The zero-order valence-electron chi connectivity index (χ0n) is 13.1. The molecule has 7 heteroatoms. The maximum Gasteiger partial charge on any atom is 0.359 e. The van der Waals surface area contributed by atoms with Crippen LogP contribution in [0.2, 0.25) is 0 Å². The smallest absolute Gasteiger partial charge is 0.359 e. The maximum absolute atomic E-state index is 12.7. The number of hydrogen-bond acceptors (Lipinski definition) is 5. The number of aromatic nitrogens is 2. The Hall–Kier alpha value is -2.18. The normalized spacial score (nSPS) is 15.8. The topological polar surface area (TPSA) is 64.4 Å². The summed E-state index contributed by atoms with van der Waals surface area (Å²) < 4.78 is 19.0. The second kappa shape index (κ2) is 6.72. The van der Waals surface area contributed by atoms with Crippen LogP contribution in [0, 0.1) is 0 Å². The van der Waals surface area contributed by atoms with E-state index in [1.54, 1.807) is 18.0 Å². The van der Waals surface area contributed by atoms with E-state index in [-0.39, 0.29) is 24.6 Å². The molecule has 120 valence electrons. The Kier molecular flexibility index (Phi) is 4.95. The minimum absolute atomic E-state index is 0.0529. The summed E-state index contributed by atoms with van der Waals surface area (Å²) in [6, 6.07) is 0. The van der Waals surface area contributed by atoms with Gasteiger partial charge in [-0.2, -0.15) is 5.10 Å². The summed E-state index contributed by atoms with van der Waals surface area (Å²) >= 11 is 0. The second-order valence-corrected chi connectivity index (χ2v) is 5.26. The lowest BCUT2D eigenvalue weighted by Gasteiger charge is -2.17. The molecular weight excluding hydrogens is 289 g/mol. The van der Waals surface area contributed by atoms with Gasteiger partial charge in [0.25, 0.3) is 0 Å². The van der Waals surface area contributed by atoms with E-state index in [0.29, 0.717) is 29.7 Å². The lowest BCUT2D eigenvalue weighted by atomic mass is 9.90. The van der Waals surface area contributed by atoms with Crippen LogP contribution < -0.4 is 0 Å². The van der Waals surface area contributed by atoms with Gasteiger partial charge in [0.15, 0.2) is 5.69 Å². The number of carbonyl (C=O) groups is 2. The molecule has 22 heavy (non-hydrogen) atoms. The predicted molar refractivity (Wildman–Crippen MR) is 78.6 cm³/mol. The van der Waals surface area contributed by atoms with E-state index in [1.807, 2.05) is 14.1 Å². The first kappa shape index (κ1) is 16.2. The van der Waals surface area contributed by atoms with E-state index in [9.17, 15) is 14.0 Å². The Morgan fingerprint density at radius 1 is 1.45 bits per heavy atom. The highest BCUT2D eigenvalue weighted by molar-refractivity contribution is 6.11. The van der Waals surface area contributed by atoms with Gasteiger partial charge in [0.1, 0.15) is 12.4 Å². The number of alkyl halides is 1. The van der Waals surface area contributed by atoms with Gasteiger partial charge in [-0.05, 0) is 19.8 Å². The van der Waals surface area contributed by atoms with E-state index < -0.39 is 12.6 Å². The first-order valence-corrected chi connectivity index (χ1v) is 7.24. The fourth-order valence-corrected chi connectivity index (χ4v) is 2.56. The number of halogens is 1. The Bertz CT molecular complexity index is 620. The fourth-order valence-electron chi connectivity index (χ4n) is 2.56. The van der Waals surface area contributed by atoms with E-state index in [0.717, 1.165) is 0 Å². The molecule has 0 radical (unpaired) electrons. The van der Waals surface area contributed by atoms with Gasteiger partial charge >= 0.3 is 5.97 Å². The summed E-state index contributed by atoms with van der Waals surface area (Å²) in [5.41, 5.74) is 1.63. The largest absolute Gasteiger partial charge is 0.461 e. The molecule has 0 saturated carbocycles. The van der Waals surface area contributed by atoms with E-state index in [2.05, 4.69) is 5.10 Å². The zero-order valence-corrected chi connectivity index (χ0v) is 13.1. The van der Waals surface area contributed by atoms with Gasteiger partial charge in [0.2, 0.25) is 5.78 Å². The Balaban J connectivity index is 2.49. The van der Waals surface area contributed by atoms with Gasteiger partial charge in [-0.15, -0.1) is 0 Å². The highest BCUT2D eigenvalue weighted by Crippen LogP contribution is 2.28. The van der Waals surface area contributed by atoms with E-state index >= 15 is 0 Å². The van der Waals surface area contributed by atoms with Crippen LogP contribution in [0.15, 0.2) is 11.8 Å². The number of fused-ring (bicyclic) bond motifs is 1. The van der Waals surface area contributed by atoms with Gasteiger partial charge in [0.05, 0.1) is 13.2 Å². The molecule has 1 aliphatic rings. The number of aryl methyl sites for hydroxylation is 1. The molecule has 0 saturated heterocycles. The Morgan fingerprint density at radius 3 is 2.77 bits per heavy atom. The monoisotopic (exact) mass is 309 g/mol. The number of nitrogens with zero attached hydrogens (tertiary/aromatic N) is 3. The van der Waals surface area contributed by atoms with Crippen LogP contribution in [-0.4, -0.2) is 53.8 Å². The highest BCUT2D eigenvalue weighted by atomic mass is 19.1. The summed E-state index contributed by atoms with van der Waals surface area (Å²) in [6.45, 7) is 1.22. The van der Waals surface area contributed by atoms with Crippen LogP contribution in [0.5, 0.6) is 0 Å². The van der Waals surface area contributed by atoms with Crippen molar-refractivity contribution in [3.63, 3.8) is 0 Å². The third kappa shape index (κ3) is 3.03. The standard InChI is InChI=1S/C15H20FN3O3/c1-4-22-15(21)12-11-6-5-10(9-18(2)3)14(20)13(11)19(17-12)8-7-16/h9H,4-8H2,1-3H3/b10-9-. The third-order valence-electron chi connectivity index (χ3n) is 3.38. The van der Waals surface area contributed by atoms with Crippen molar-refractivity contribution in [2.75, 3.05) is 27.4 Å². The molecule has 1 heterocycles. The van der Waals surface area contributed by atoms with Crippen molar-refractivity contribution in [3.8, 4) is 0 Å². The quantitative estimate of drug-likeness (QED) is 0.611. The summed E-state index contributed by atoms with van der Waals surface area (Å²) in [6.07, 6.45) is 2.79. The lowest BCUT2D eigenvalue weighted by molar-refractivity contribution is 0.0517. The molecule has 6 nitrogen and oxygen atoms in total. The van der Waals surface area contributed by atoms with Crippen molar-refractivity contribution in [2.24, 2.45) is 0 Å². The van der Waals surface area contributed by atoms with Crippen LogP contribution in [0.25, 0.3) is 0 Å². The fraction of sp³-hybridized carbons (Fsp3) is 0.533. The van der Waals surface area contributed by atoms with Gasteiger partial charge < -0.3 is 9.64 Å². The first-order chi connectivity index (χ1) is 10.5. The van der Waals surface area contributed by atoms with Crippen LogP contribution in [0.4, 0.5) is 4.39 Å². The second-order valence-electron chi connectivity index (χ2n) is 5.26. The van der Waals surface area contributed by atoms with Gasteiger partial charge in [0, 0.05) is 31.4 Å². The number of rotatable bonds is 5. The van der Waals surface area contributed by atoms with Crippen molar-refractivity contribution in [1.82, 2.24) is 14.7 Å². The molecule has 0 bridgehead atoms. The summed E-state index contributed by atoms with van der Waals surface area (Å²) in [5.74, 6) is -0.768. The van der Waals surface area contributed by atoms with Gasteiger partial charge in [-0.1, -0.05) is 0 Å². The molecule has 1 aliphatic carbocycles. The van der Waals surface area contributed by atoms with Crippen LogP contribution in [0.1, 0.15) is 39.9 Å². The minimum Gasteiger partial charge on any atom is -0.461 e. The average Bonchev–Trinajstić information content (AvgIpc) is 2.82. The van der Waals surface area contributed by atoms with Gasteiger partial charge in [-0.25, -0.2) is 9.18 Å². The lowest BCUT2D eigenvalue weighted by Crippen LogP contribution is -2.21. The first-order valence-electron chi connectivity index (χ1n) is 7.24. The number of Topliss-reactive ketones (excluding diaryl/α,β-unsaturated/α-hetero) is 1. The molecule has 1 aromatic heterocycles.